The van der Waals surface area contributed by atoms with Crippen LogP contribution in [0.5, 0.6) is 0 Å². The normalized spacial score (nSPS) is 11.6. The first-order valence-corrected chi connectivity index (χ1v) is 10.4. The fourth-order valence-corrected chi connectivity index (χ4v) is 4.24. The van der Waals surface area contributed by atoms with E-state index in [4.69, 9.17) is 0 Å². The van der Waals surface area contributed by atoms with Crippen molar-refractivity contribution >= 4 is 21.9 Å². The van der Waals surface area contributed by atoms with E-state index in [9.17, 15) is 17.6 Å². The summed E-state index contributed by atoms with van der Waals surface area (Å²) in [7, 11) is -3.68. The number of nitrogens with one attached hydrogen (secondary N) is 2. The van der Waals surface area contributed by atoms with E-state index in [0.717, 1.165) is 0 Å². The zero-order valence-corrected chi connectivity index (χ0v) is 16.7. The van der Waals surface area contributed by atoms with E-state index < -0.39 is 15.9 Å². The average Bonchev–Trinajstić information content (AvgIpc) is 3.17. The molecular weight excluding hydrogens is 397 g/mol. The summed E-state index contributed by atoms with van der Waals surface area (Å²) >= 11 is 0. The lowest BCUT2D eigenvalue weighted by atomic mass is 10.2. The van der Waals surface area contributed by atoms with Crippen LogP contribution < -0.4 is 5.32 Å². The molecule has 3 rings (SSSR count). The van der Waals surface area contributed by atoms with Crippen molar-refractivity contribution in [3.63, 3.8) is 0 Å². The highest BCUT2D eigenvalue weighted by atomic mass is 32.2. The summed E-state index contributed by atoms with van der Waals surface area (Å²) < 4.78 is 39.6. The minimum atomic E-state index is -3.68. The Labute approximate surface area is 167 Å². The zero-order chi connectivity index (χ0) is 21.0. The van der Waals surface area contributed by atoms with Crippen LogP contribution in [0.2, 0.25) is 0 Å². The molecule has 0 unspecified atom stereocenters. The minimum Gasteiger partial charge on any atom is -0.289 e. The molecule has 3 aromatic rings. The van der Waals surface area contributed by atoms with Gasteiger partial charge in [-0.3, -0.25) is 15.2 Å². The number of rotatable bonds is 7. The molecule has 10 heteroatoms. The van der Waals surface area contributed by atoms with Crippen LogP contribution in [-0.2, 0) is 10.0 Å². The predicted octanol–water partition coefficient (Wildman–Crippen LogP) is 2.89. The first kappa shape index (κ1) is 20.6. The van der Waals surface area contributed by atoms with Crippen molar-refractivity contribution in [1.29, 1.82) is 0 Å². The molecule has 8 nitrogen and oxygen atoms in total. The van der Waals surface area contributed by atoms with Crippen molar-refractivity contribution in [2.24, 2.45) is 0 Å². The summed E-state index contributed by atoms with van der Waals surface area (Å²) in [5.41, 5.74) is 0.762. The van der Waals surface area contributed by atoms with Crippen molar-refractivity contribution in [2.45, 2.75) is 18.7 Å². The molecule has 0 spiro atoms. The van der Waals surface area contributed by atoms with Gasteiger partial charge in [0.1, 0.15) is 5.82 Å². The molecule has 0 bridgehead atoms. The fraction of sp³-hybridized carbons (Fsp3) is 0.211. The van der Waals surface area contributed by atoms with Gasteiger partial charge in [0, 0.05) is 24.2 Å². The van der Waals surface area contributed by atoms with Gasteiger partial charge in [0.25, 0.3) is 5.91 Å². The molecule has 0 fully saturated rings. The highest BCUT2D eigenvalue weighted by Gasteiger charge is 2.22. The molecule has 2 aromatic carbocycles. The number of halogens is 1. The van der Waals surface area contributed by atoms with E-state index >= 15 is 0 Å². The molecule has 0 aliphatic heterocycles. The molecule has 152 valence electrons. The Bertz CT molecular complexity index is 1110. The number of benzene rings is 2. The lowest BCUT2D eigenvalue weighted by Crippen LogP contribution is -2.30. The summed E-state index contributed by atoms with van der Waals surface area (Å²) in [6.07, 6.45) is 0. The van der Waals surface area contributed by atoms with Crippen LogP contribution in [0.3, 0.4) is 0 Å². The average molecular weight is 417 g/mol. The highest BCUT2D eigenvalue weighted by molar-refractivity contribution is 7.89. The molecule has 0 atom stereocenters. The van der Waals surface area contributed by atoms with Crippen LogP contribution in [0.1, 0.15) is 24.2 Å². The van der Waals surface area contributed by atoms with E-state index in [1.165, 1.54) is 52.8 Å². The largest absolute Gasteiger partial charge is 0.289 e. The molecule has 29 heavy (non-hydrogen) atoms. The third-order valence-electron chi connectivity index (χ3n) is 4.27. The molecule has 0 saturated heterocycles. The van der Waals surface area contributed by atoms with Crippen molar-refractivity contribution in [1.82, 2.24) is 19.5 Å². The monoisotopic (exact) mass is 417 g/mol. The van der Waals surface area contributed by atoms with Gasteiger partial charge in [-0.2, -0.15) is 9.29 Å². The molecule has 0 aliphatic carbocycles. The Morgan fingerprint density at radius 3 is 2.48 bits per heavy atom. The van der Waals surface area contributed by atoms with Gasteiger partial charge in [-0.25, -0.2) is 12.8 Å². The third kappa shape index (κ3) is 4.49. The second-order valence-electron chi connectivity index (χ2n) is 6.09. The van der Waals surface area contributed by atoms with Gasteiger partial charge in [-0.05, 0) is 42.5 Å². The third-order valence-corrected chi connectivity index (χ3v) is 6.31. The Hall–Kier alpha value is -3.11. The van der Waals surface area contributed by atoms with Crippen LogP contribution in [0.4, 0.5) is 10.3 Å². The number of nitrogens with zero attached hydrogens (tertiary/aromatic N) is 3. The number of aromatic amines is 1. The van der Waals surface area contributed by atoms with Crippen LogP contribution in [0.15, 0.2) is 53.4 Å². The first-order chi connectivity index (χ1) is 13.8. The van der Waals surface area contributed by atoms with E-state index in [2.05, 4.69) is 20.5 Å². The van der Waals surface area contributed by atoms with Crippen molar-refractivity contribution < 1.29 is 17.6 Å². The van der Waals surface area contributed by atoms with Crippen molar-refractivity contribution in [3.8, 4) is 11.4 Å². The van der Waals surface area contributed by atoms with E-state index in [-0.39, 0.29) is 22.2 Å². The van der Waals surface area contributed by atoms with Gasteiger partial charge < -0.3 is 0 Å². The van der Waals surface area contributed by atoms with E-state index in [0.29, 0.717) is 24.5 Å². The maximum absolute atomic E-state index is 13.0. The number of H-pyrrole nitrogens is 1. The molecule has 1 aromatic heterocycles. The smallest absolute Gasteiger partial charge is 0.258 e. The van der Waals surface area contributed by atoms with Crippen LogP contribution in [0, 0.1) is 5.82 Å². The summed E-state index contributed by atoms with van der Waals surface area (Å²) in [6, 6.07) is 11.4. The Morgan fingerprint density at radius 2 is 1.83 bits per heavy atom. The second kappa shape index (κ2) is 8.50. The van der Waals surface area contributed by atoms with Gasteiger partial charge >= 0.3 is 0 Å². The maximum atomic E-state index is 13.0. The number of amides is 1. The standard InChI is InChI=1S/C19H20FN5O3S/c1-3-25(4-2)29(27,28)16-7-5-6-14(12-16)18(26)22-19-21-17(23-24-19)13-8-10-15(20)11-9-13/h5-12H,3-4H2,1-2H3,(H2,21,22,23,24,26). The summed E-state index contributed by atoms with van der Waals surface area (Å²) in [4.78, 5) is 16.7. The molecular formula is C19H20FN5O3S. The summed E-state index contributed by atoms with van der Waals surface area (Å²) in [5.74, 6) is -0.544. The van der Waals surface area contributed by atoms with Crippen LogP contribution >= 0.6 is 0 Å². The van der Waals surface area contributed by atoms with Gasteiger partial charge in [0.15, 0.2) is 5.82 Å². The number of carbonyl (C=O) groups excluding carboxylic acids is 1. The van der Waals surface area contributed by atoms with Gasteiger partial charge in [0.05, 0.1) is 4.90 Å². The summed E-state index contributed by atoms with van der Waals surface area (Å²) in [5, 5.41) is 9.10. The maximum Gasteiger partial charge on any atom is 0.258 e. The van der Waals surface area contributed by atoms with Crippen LogP contribution in [-0.4, -0.2) is 46.9 Å². The first-order valence-electron chi connectivity index (χ1n) is 8.95. The molecule has 1 amide bonds. The second-order valence-corrected chi connectivity index (χ2v) is 8.02. The lowest BCUT2D eigenvalue weighted by Gasteiger charge is -2.18. The van der Waals surface area contributed by atoms with Crippen LogP contribution in [0.25, 0.3) is 11.4 Å². The Morgan fingerprint density at radius 1 is 1.14 bits per heavy atom. The number of carbonyl (C=O) groups is 1. The quantitative estimate of drug-likeness (QED) is 0.615. The number of hydrogen-bond donors (Lipinski definition) is 2. The minimum absolute atomic E-state index is 0.0197. The van der Waals surface area contributed by atoms with Gasteiger partial charge in [-0.1, -0.05) is 19.9 Å². The number of aromatic nitrogens is 3. The van der Waals surface area contributed by atoms with Gasteiger partial charge in [-0.15, -0.1) is 5.10 Å². The summed E-state index contributed by atoms with van der Waals surface area (Å²) in [6.45, 7) is 4.16. The molecule has 1 heterocycles. The fourth-order valence-electron chi connectivity index (χ4n) is 2.74. The Kier molecular flexibility index (Phi) is 6.04. The number of hydrogen-bond acceptors (Lipinski definition) is 5. The van der Waals surface area contributed by atoms with Crippen molar-refractivity contribution in [3.05, 3.63) is 59.9 Å². The van der Waals surface area contributed by atoms with Gasteiger partial charge in [0.2, 0.25) is 16.0 Å². The highest BCUT2D eigenvalue weighted by Crippen LogP contribution is 2.19. The molecule has 0 radical (unpaired) electrons. The number of sulfonamides is 1. The van der Waals surface area contributed by atoms with Crippen molar-refractivity contribution in [2.75, 3.05) is 18.4 Å². The number of anilines is 1. The predicted molar refractivity (Wildman–Crippen MR) is 106 cm³/mol. The van der Waals surface area contributed by atoms with E-state index in [1.807, 2.05) is 0 Å². The SMILES string of the molecule is CCN(CC)S(=O)(=O)c1cccc(C(=O)Nc2n[nH]c(-c3ccc(F)cc3)n2)c1. The zero-order valence-electron chi connectivity index (χ0n) is 15.9. The molecule has 0 saturated carbocycles. The molecule has 0 aliphatic rings. The topological polar surface area (TPSA) is 108 Å². The lowest BCUT2D eigenvalue weighted by molar-refractivity contribution is 0.102. The Balaban J connectivity index is 1.79. The van der Waals surface area contributed by atoms with E-state index in [1.54, 1.807) is 13.8 Å². The molecule has 2 N–H and O–H groups in total.